The second-order valence-corrected chi connectivity index (χ2v) is 8.85. The summed E-state index contributed by atoms with van der Waals surface area (Å²) in [4.78, 5) is 20.5. The first-order valence-corrected chi connectivity index (χ1v) is 8.49. The van der Waals surface area contributed by atoms with Crippen molar-refractivity contribution in [3.05, 3.63) is 0 Å². The predicted octanol–water partition coefficient (Wildman–Crippen LogP) is 3.01. The van der Waals surface area contributed by atoms with Crippen LogP contribution in [-0.4, -0.2) is 47.1 Å². The molecule has 0 aromatic heterocycles. The summed E-state index contributed by atoms with van der Waals surface area (Å²) in [5.41, 5.74) is 0. The third kappa shape index (κ3) is 5.99. The van der Waals surface area contributed by atoms with Gasteiger partial charge < -0.3 is 4.74 Å². The Hall–Kier alpha value is -0.490. The van der Waals surface area contributed by atoms with Gasteiger partial charge in [0.05, 0.1) is 22.6 Å². The molecular weight excluding hydrogens is 280 g/mol. The van der Waals surface area contributed by atoms with Crippen molar-refractivity contribution in [3.63, 3.8) is 0 Å². The lowest BCUT2D eigenvalue weighted by Gasteiger charge is -2.26. The summed E-state index contributed by atoms with van der Waals surface area (Å²) in [6, 6.07) is -0.532. The highest BCUT2D eigenvalue weighted by Crippen LogP contribution is 2.42. The average molecular weight is 302 g/mol. The van der Waals surface area contributed by atoms with E-state index >= 15 is 0 Å². The number of esters is 1. The zero-order chi connectivity index (χ0) is 14.5. The highest BCUT2D eigenvalue weighted by Gasteiger charge is 2.26. The Bertz CT molecular complexity index is 379. The topological polar surface area (TPSA) is 51.0 Å². The second-order valence-electron chi connectivity index (χ2n) is 5.41. The number of aliphatic imine (C=N–C) groups is 2. The Kier molecular flexibility index (Phi) is 5.92. The molecule has 0 spiro atoms. The largest absolute Gasteiger partial charge is 0.464 e. The summed E-state index contributed by atoms with van der Waals surface area (Å²) < 4.78 is 4.84. The summed E-state index contributed by atoms with van der Waals surface area (Å²) >= 11 is 0. The van der Waals surface area contributed by atoms with E-state index in [4.69, 9.17) is 4.74 Å². The Labute approximate surface area is 123 Å². The molecular formula is C13H22N2O2S2. The maximum absolute atomic E-state index is 11.8. The first-order chi connectivity index (χ1) is 8.76. The predicted molar refractivity (Wildman–Crippen MR) is 85.6 cm³/mol. The van der Waals surface area contributed by atoms with Crippen LogP contribution in [0.2, 0.25) is 0 Å². The van der Waals surface area contributed by atoms with Gasteiger partial charge in [0.2, 0.25) is 0 Å². The van der Waals surface area contributed by atoms with Crippen LogP contribution in [0.3, 0.4) is 0 Å². The monoisotopic (exact) mass is 302 g/mol. The maximum atomic E-state index is 11.8. The first kappa shape index (κ1) is 16.6. The Morgan fingerprint density at radius 2 is 1.84 bits per heavy atom. The summed E-state index contributed by atoms with van der Waals surface area (Å²) in [5, 5.41) is 0. The van der Waals surface area contributed by atoms with Gasteiger partial charge in [-0.1, -0.05) is 21.6 Å². The quantitative estimate of drug-likeness (QED) is 0.581. The highest BCUT2D eigenvalue weighted by molar-refractivity contribution is 8.78. The molecule has 0 radical (unpaired) electrons. The lowest BCUT2D eigenvalue weighted by atomic mass is 10.2. The van der Waals surface area contributed by atoms with Gasteiger partial charge in [-0.25, -0.2) is 4.79 Å². The third-order valence-electron chi connectivity index (χ3n) is 2.28. The van der Waals surface area contributed by atoms with Crippen molar-refractivity contribution in [2.24, 2.45) is 9.98 Å². The highest BCUT2D eigenvalue weighted by atomic mass is 33.1. The van der Waals surface area contributed by atoms with Crippen LogP contribution in [0, 0.1) is 0 Å². The minimum absolute atomic E-state index is 0.0632. The van der Waals surface area contributed by atoms with E-state index in [2.05, 4.69) is 37.7 Å². The molecule has 0 aliphatic carbocycles. The SMILES string of the molecule is CCOC(=O)C1CN=CC(C)(C)SSC(C)(C)C=N1. The molecule has 6 heteroatoms. The molecule has 1 aliphatic rings. The van der Waals surface area contributed by atoms with Crippen molar-refractivity contribution < 1.29 is 9.53 Å². The third-order valence-corrected chi connectivity index (χ3v) is 6.26. The van der Waals surface area contributed by atoms with Crippen molar-refractivity contribution in [1.82, 2.24) is 0 Å². The summed E-state index contributed by atoms with van der Waals surface area (Å²) in [6.45, 7) is 10.9. The van der Waals surface area contributed by atoms with Crippen molar-refractivity contribution in [1.29, 1.82) is 0 Å². The van der Waals surface area contributed by atoms with E-state index in [1.807, 2.05) is 12.4 Å². The van der Waals surface area contributed by atoms with Gasteiger partial charge in [-0.05, 0) is 34.6 Å². The minimum Gasteiger partial charge on any atom is -0.464 e. The molecule has 0 N–H and O–H groups in total. The first-order valence-electron chi connectivity index (χ1n) is 6.34. The molecule has 1 rings (SSSR count). The second kappa shape index (κ2) is 6.79. The molecule has 0 saturated carbocycles. The zero-order valence-corrected chi connectivity index (χ0v) is 13.8. The molecule has 4 nitrogen and oxygen atoms in total. The van der Waals surface area contributed by atoms with Crippen molar-refractivity contribution in [2.75, 3.05) is 13.2 Å². The molecule has 0 fully saturated rings. The smallest absolute Gasteiger partial charge is 0.332 e. The number of hydrogen-bond acceptors (Lipinski definition) is 6. The van der Waals surface area contributed by atoms with E-state index in [1.54, 1.807) is 28.5 Å². The van der Waals surface area contributed by atoms with Gasteiger partial charge in [-0.15, -0.1) is 0 Å². The fraction of sp³-hybridized carbons (Fsp3) is 0.769. The molecule has 1 aliphatic heterocycles. The van der Waals surface area contributed by atoms with Crippen LogP contribution in [0.1, 0.15) is 34.6 Å². The number of ether oxygens (including phenoxy) is 1. The van der Waals surface area contributed by atoms with Crippen molar-refractivity contribution >= 4 is 40.0 Å². The molecule has 0 aromatic rings. The average Bonchev–Trinajstić information content (AvgIpc) is 2.31. The van der Waals surface area contributed by atoms with Crippen LogP contribution in [0.5, 0.6) is 0 Å². The van der Waals surface area contributed by atoms with Gasteiger partial charge >= 0.3 is 5.97 Å². The van der Waals surface area contributed by atoms with Crippen molar-refractivity contribution in [2.45, 2.75) is 50.2 Å². The molecule has 0 aromatic carbocycles. The fourth-order valence-electron chi connectivity index (χ4n) is 1.32. The Balaban J connectivity index is 2.91. The molecule has 0 amide bonds. The van der Waals surface area contributed by atoms with Crippen molar-refractivity contribution in [3.8, 4) is 0 Å². The molecule has 0 saturated heterocycles. The van der Waals surface area contributed by atoms with Crippen LogP contribution in [-0.2, 0) is 9.53 Å². The number of nitrogens with zero attached hydrogens (tertiary/aromatic N) is 2. The van der Waals surface area contributed by atoms with Crippen LogP contribution in [0.4, 0.5) is 0 Å². The summed E-state index contributed by atoms with van der Waals surface area (Å²) in [5.74, 6) is -0.303. The molecule has 1 atom stereocenters. The van der Waals surface area contributed by atoms with Gasteiger partial charge in [0.25, 0.3) is 0 Å². The van der Waals surface area contributed by atoms with Gasteiger partial charge in [-0.2, -0.15) is 0 Å². The molecule has 19 heavy (non-hydrogen) atoms. The van der Waals surface area contributed by atoms with Gasteiger partial charge in [-0.3, -0.25) is 9.98 Å². The van der Waals surface area contributed by atoms with E-state index in [-0.39, 0.29) is 15.5 Å². The fourth-order valence-corrected chi connectivity index (χ4v) is 3.52. The number of rotatable bonds is 2. The number of hydrogen-bond donors (Lipinski definition) is 0. The Morgan fingerprint density at radius 3 is 2.42 bits per heavy atom. The van der Waals surface area contributed by atoms with E-state index in [0.717, 1.165) is 0 Å². The molecule has 1 unspecified atom stereocenters. The van der Waals surface area contributed by atoms with E-state index in [1.165, 1.54) is 0 Å². The van der Waals surface area contributed by atoms with Gasteiger partial charge in [0.1, 0.15) is 0 Å². The van der Waals surface area contributed by atoms with Gasteiger partial charge in [0.15, 0.2) is 6.04 Å². The lowest BCUT2D eigenvalue weighted by molar-refractivity contribution is -0.144. The maximum Gasteiger partial charge on any atom is 0.332 e. The number of carbonyl (C=O) groups excluding carboxylic acids is 1. The summed E-state index contributed by atoms with van der Waals surface area (Å²) in [7, 11) is 3.50. The van der Waals surface area contributed by atoms with Crippen LogP contribution in [0.25, 0.3) is 0 Å². The number of carbonyl (C=O) groups is 1. The minimum atomic E-state index is -0.532. The summed E-state index contributed by atoms with van der Waals surface area (Å²) in [6.07, 6.45) is 3.73. The van der Waals surface area contributed by atoms with Crippen LogP contribution in [0.15, 0.2) is 9.98 Å². The van der Waals surface area contributed by atoms with Gasteiger partial charge in [0, 0.05) is 12.4 Å². The molecule has 108 valence electrons. The lowest BCUT2D eigenvalue weighted by Crippen LogP contribution is -2.29. The molecule has 1 heterocycles. The van der Waals surface area contributed by atoms with E-state index in [0.29, 0.717) is 13.2 Å². The molecule has 0 bridgehead atoms. The zero-order valence-electron chi connectivity index (χ0n) is 12.2. The Morgan fingerprint density at radius 1 is 1.26 bits per heavy atom. The van der Waals surface area contributed by atoms with E-state index < -0.39 is 6.04 Å². The normalized spacial score (nSPS) is 25.8. The standard InChI is InChI=1S/C13H22N2O2S2/c1-6-17-11(16)10-7-14-8-12(2,3)18-19-13(4,5)9-15-10/h8-10H,6-7H2,1-5H3. The van der Waals surface area contributed by atoms with E-state index in [9.17, 15) is 4.79 Å². The van der Waals surface area contributed by atoms with Crippen LogP contribution < -0.4 is 0 Å². The van der Waals surface area contributed by atoms with Crippen LogP contribution >= 0.6 is 21.6 Å².